The Bertz CT molecular complexity index is 1350. The van der Waals surface area contributed by atoms with Crippen LogP contribution >= 0.6 is 0 Å². The van der Waals surface area contributed by atoms with E-state index in [1.807, 2.05) is 27.7 Å². The first-order valence-corrected chi connectivity index (χ1v) is 13.9. The number of carbonyl (C=O) groups is 1. The number of hydrogen-bond acceptors (Lipinski definition) is 9. The highest BCUT2D eigenvalue weighted by atomic mass is 32.2. The van der Waals surface area contributed by atoms with Gasteiger partial charge in [-0.25, -0.2) is 9.48 Å². The zero-order chi connectivity index (χ0) is 27.3. The van der Waals surface area contributed by atoms with Crippen LogP contribution in [0.25, 0.3) is 5.69 Å². The van der Waals surface area contributed by atoms with Crippen LogP contribution in [0.3, 0.4) is 0 Å². The third-order valence-electron chi connectivity index (χ3n) is 5.84. The van der Waals surface area contributed by atoms with Gasteiger partial charge in [0, 0.05) is 12.6 Å². The smallest absolute Gasteiger partial charge is 0.410 e. The van der Waals surface area contributed by atoms with Gasteiger partial charge in [0.2, 0.25) is 0 Å². The average molecular weight is 544 g/mol. The Kier molecular flexibility index (Phi) is 8.32. The van der Waals surface area contributed by atoms with Gasteiger partial charge in [-0.2, -0.15) is 8.42 Å². The van der Waals surface area contributed by atoms with Gasteiger partial charge < -0.3 is 14.4 Å². The fourth-order valence-corrected chi connectivity index (χ4v) is 4.66. The van der Waals surface area contributed by atoms with Gasteiger partial charge in [0.1, 0.15) is 18.0 Å². The van der Waals surface area contributed by atoms with Gasteiger partial charge in [-0.15, -0.1) is 5.10 Å². The highest BCUT2D eigenvalue weighted by Crippen LogP contribution is 2.23. The molecule has 0 radical (unpaired) electrons. The van der Waals surface area contributed by atoms with E-state index in [9.17, 15) is 13.2 Å². The van der Waals surface area contributed by atoms with Gasteiger partial charge in [-0.3, -0.25) is 9.17 Å². The molecule has 1 amide bonds. The summed E-state index contributed by atoms with van der Waals surface area (Å²) in [5, 5.41) is 8.31. The number of benzene rings is 1. The van der Waals surface area contributed by atoms with Crippen LogP contribution in [0.4, 0.5) is 4.79 Å². The monoisotopic (exact) mass is 543 g/mol. The van der Waals surface area contributed by atoms with Gasteiger partial charge in [0.05, 0.1) is 47.5 Å². The molecule has 12 heteroatoms. The van der Waals surface area contributed by atoms with Crippen LogP contribution < -0.4 is 4.74 Å². The lowest BCUT2D eigenvalue weighted by molar-refractivity contribution is -0.0141. The van der Waals surface area contributed by atoms with Crippen LogP contribution in [0, 0.1) is 6.92 Å². The fraction of sp³-hybridized carbons (Fsp3) is 0.462. The number of nitrogens with zero attached hydrogens (tertiary/aromatic N) is 5. The van der Waals surface area contributed by atoms with E-state index in [-0.39, 0.29) is 23.6 Å². The quantitative estimate of drug-likeness (QED) is 0.278. The summed E-state index contributed by atoms with van der Waals surface area (Å²) in [5.41, 5.74) is 1.79. The Morgan fingerprint density at radius 3 is 2.61 bits per heavy atom. The Morgan fingerprint density at radius 2 is 1.92 bits per heavy atom. The topological polar surface area (TPSA) is 126 Å². The highest BCUT2D eigenvalue weighted by Gasteiger charge is 2.35. The number of pyridine rings is 1. The summed E-state index contributed by atoms with van der Waals surface area (Å²) in [4.78, 5) is 18.3. The third-order valence-corrected chi connectivity index (χ3v) is 7.17. The minimum atomic E-state index is -3.79. The lowest BCUT2D eigenvalue weighted by Crippen LogP contribution is -2.55. The molecule has 1 atom stereocenters. The van der Waals surface area contributed by atoms with Crippen LogP contribution in [0.1, 0.15) is 44.9 Å². The Hall–Kier alpha value is -3.51. The maximum absolute atomic E-state index is 12.3. The van der Waals surface area contributed by atoms with Crippen molar-refractivity contribution in [3.8, 4) is 11.4 Å². The Balaban J connectivity index is 1.26. The summed E-state index contributed by atoms with van der Waals surface area (Å²) in [7, 11) is -3.79. The Labute approximate surface area is 222 Å². The summed E-state index contributed by atoms with van der Waals surface area (Å²) in [6.07, 6.45) is 6.45. The molecule has 0 unspecified atom stereocenters. The molecule has 4 rings (SSSR count). The summed E-state index contributed by atoms with van der Waals surface area (Å²) < 4.78 is 42.7. The van der Waals surface area contributed by atoms with Crippen molar-refractivity contribution in [2.45, 2.75) is 63.5 Å². The van der Waals surface area contributed by atoms with E-state index in [0.29, 0.717) is 43.1 Å². The van der Waals surface area contributed by atoms with Crippen LogP contribution in [-0.2, 0) is 25.5 Å². The van der Waals surface area contributed by atoms with Crippen molar-refractivity contribution in [3.63, 3.8) is 0 Å². The van der Waals surface area contributed by atoms with E-state index >= 15 is 0 Å². The predicted octanol–water partition coefficient (Wildman–Crippen LogP) is 3.70. The first-order valence-electron chi connectivity index (χ1n) is 12.5. The van der Waals surface area contributed by atoms with Crippen molar-refractivity contribution in [2.24, 2.45) is 0 Å². The van der Waals surface area contributed by atoms with E-state index < -0.39 is 15.7 Å². The molecule has 0 aliphatic carbocycles. The van der Waals surface area contributed by atoms with Crippen LogP contribution in [0.2, 0.25) is 0 Å². The molecule has 2 aromatic heterocycles. The van der Waals surface area contributed by atoms with Crippen molar-refractivity contribution >= 4 is 16.2 Å². The molecular formula is C26H33N5O6S. The number of ether oxygens (including phenoxy) is 2. The molecule has 0 spiro atoms. The normalized spacial score (nSPS) is 15.7. The number of likely N-dealkylation sites (tertiary alicyclic amines) is 1. The molecule has 1 aliphatic rings. The van der Waals surface area contributed by atoms with Gasteiger partial charge in [0.25, 0.3) is 10.1 Å². The lowest BCUT2D eigenvalue weighted by Gasteiger charge is -2.40. The minimum absolute atomic E-state index is 0.0371. The molecule has 1 saturated heterocycles. The van der Waals surface area contributed by atoms with Crippen molar-refractivity contribution in [2.75, 3.05) is 19.8 Å². The lowest BCUT2D eigenvalue weighted by atomic mass is 10.1. The second kappa shape index (κ2) is 11.5. The number of aryl methyl sites for hydroxylation is 2. The molecule has 204 valence electrons. The molecule has 38 heavy (non-hydrogen) atoms. The number of carbonyl (C=O) groups excluding carboxylic acids is 1. The number of hydrogen-bond donors (Lipinski definition) is 0. The first kappa shape index (κ1) is 27.5. The van der Waals surface area contributed by atoms with E-state index in [1.54, 1.807) is 46.4 Å². The van der Waals surface area contributed by atoms with Crippen LogP contribution in [-0.4, -0.2) is 70.8 Å². The number of aromatic nitrogens is 4. The molecule has 1 fully saturated rings. The number of rotatable bonds is 10. The minimum Gasteiger partial charge on any atom is -0.490 e. The van der Waals surface area contributed by atoms with Gasteiger partial charge in [-0.05, 0) is 59.1 Å². The zero-order valence-corrected chi connectivity index (χ0v) is 22.8. The molecule has 1 aliphatic heterocycles. The summed E-state index contributed by atoms with van der Waals surface area (Å²) in [5.74, 6) is 0.547. The maximum Gasteiger partial charge on any atom is 0.410 e. The second-order valence-corrected chi connectivity index (χ2v) is 11.8. The van der Waals surface area contributed by atoms with Crippen LogP contribution in [0.15, 0.2) is 53.8 Å². The van der Waals surface area contributed by atoms with Gasteiger partial charge in [-0.1, -0.05) is 22.9 Å². The molecule has 11 nitrogen and oxygen atoms in total. The molecule has 0 saturated carbocycles. The SMILES string of the molecule is Cc1ccc(S(=O)(=O)OCCCc2cn(-c3cncc(OC[C@@H]4CCN4C(=O)OC(C)(C)C)c3)nn2)cc1. The van der Waals surface area contributed by atoms with Crippen molar-refractivity contribution in [1.29, 1.82) is 0 Å². The van der Waals surface area contributed by atoms with Gasteiger partial charge in [0.15, 0.2) is 0 Å². The van der Waals surface area contributed by atoms with Gasteiger partial charge >= 0.3 is 6.09 Å². The van der Waals surface area contributed by atoms with Crippen molar-refractivity contribution in [1.82, 2.24) is 24.9 Å². The number of amides is 1. The van der Waals surface area contributed by atoms with Crippen LogP contribution in [0.5, 0.6) is 5.75 Å². The third kappa shape index (κ3) is 7.29. The first-order chi connectivity index (χ1) is 18.0. The summed E-state index contributed by atoms with van der Waals surface area (Å²) >= 11 is 0. The average Bonchev–Trinajstić information content (AvgIpc) is 3.30. The van der Waals surface area contributed by atoms with E-state index in [4.69, 9.17) is 13.7 Å². The fourth-order valence-electron chi connectivity index (χ4n) is 3.71. The molecule has 1 aromatic carbocycles. The Morgan fingerprint density at radius 1 is 1.16 bits per heavy atom. The van der Waals surface area contributed by atoms with E-state index in [1.165, 1.54) is 12.1 Å². The predicted molar refractivity (Wildman–Crippen MR) is 139 cm³/mol. The van der Waals surface area contributed by atoms with Crippen molar-refractivity contribution < 1.29 is 26.9 Å². The molecule has 3 heterocycles. The van der Waals surface area contributed by atoms with Crippen molar-refractivity contribution in [3.05, 3.63) is 60.2 Å². The zero-order valence-electron chi connectivity index (χ0n) is 22.0. The highest BCUT2D eigenvalue weighted by molar-refractivity contribution is 7.86. The molecule has 0 N–H and O–H groups in total. The second-order valence-electron chi connectivity index (χ2n) is 10.2. The van der Waals surface area contributed by atoms with E-state index in [2.05, 4.69) is 15.3 Å². The largest absolute Gasteiger partial charge is 0.490 e. The molecule has 3 aromatic rings. The maximum atomic E-state index is 12.3. The summed E-state index contributed by atoms with van der Waals surface area (Å²) in [6.45, 7) is 8.43. The molecule has 0 bridgehead atoms. The standard InChI is InChI=1S/C26H33N5O6S/c1-19-7-9-24(10-8-19)38(33,34)36-13-5-6-20-17-31(29-28-20)22-14-23(16-27-15-22)35-18-21-11-12-30(21)25(32)37-26(2,3)4/h7-10,14-17,21H,5-6,11-13,18H2,1-4H3/t21-/m0/s1. The summed E-state index contributed by atoms with van der Waals surface area (Å²) in [6, 6.07) is 8.27. The van der Waals surface area contributed by atoms with E-state index in [0.717, 1.165) is 12.0 Å². The molecular weight excluding hydrogens is 510 g/mol.